The summed E-state index contributed by atoms with van der Waals surface area (Å²) in [6.07, 6.45) is 1.74. The van der Waals surface area contributed by atoms with Crippen molar-refractivity contribution in [2.75, 3.05) is 0 Å². The molecule has 0 radical (unpaired) electrons. The Balaban J connectivity index is 2.07. The van der Waals surface area contributed by atoms with Crippen molar-refractivity contribution >= 4 is 61.1 Å². The first-order valence-electron chi connectivity index (χ1n) is 6.36. The summed E-state index contributed by atoms with van der Waals surface area (Å²) in [5, 5.41) is 1.28. The van der Waals surface area contributed by atoms with E-state index in [-0.39, 0.29) is 5.56 Å². The highest BCUT2D eigenvalue weighted by Crippen LogP contribution is 2.22. The summed E-state index contributed by atoms with van der Waals surface area (Å²) in [5.41, 5.74) is 1.18. The Morgan fingerprint density at radius 1 is 1.18 bits per heavy atom. The number of aromatic nitrogens is 2. The molecule has 0 fully saturated rings. The molecule has 0 aliphatic rings. The summed E-state index contributed by atoms with van der Waals surface area (Å²) in [7, 11) is 0. The number of nitrogens with zero attached hydrogens (tertiary/aromatic N) is 1. The van der Waals surface area contributed by atoms with Crippen molar-refractivity contribution in [3.8, 4) is 0 Å². The second kappa shape index (κ2) is 6.24. The van der Waals surface area contributed by atoms with Crippen LogP contribution in [0, 0.1) is 0 Å². The van der Waals surface area contributed by atoms with Gasteiger partial charge in [0, 0.05) is 9.50 Å². The van der Waals surface area contributed by atoms with Crippen LogP contribution in [-0.2, 0) is 0 Å². The Morgan fingerprint density at radius 2 is 1.91 bits per heavy atom. The van der Waals surface area contributed by atoms with Gasteiger partial charge in [0.05, 0.1) is 15.9 Å². The maximum absolute atomic E-state index is 12.1. The van der Waals surface area contributed by atoms with Crippen LogP contribution < -0.4 is 5.56 Å². The molecule has 2 aromatic carbocycles. The molecular formula is C16H9BrCl2N2O. The minimum Gasteiger partial charge on any atom is -0.305 e. The average Bonchev–Trinajstić information content (AvgIpc) is 2.50. The highest BCUT2D eigenvalue weighted by Gasteiger charge is 2.07. The molecule has 110 valence electrons. The number of benzene rings is 2. The van der Waals surface area contributed by atoms with E-state index in [2.05, 4.69) is 25.9 Å². The number of nitrogens with one attached hydrogen (secondary N) is 1. The third kappa shape index (κ3) is 3.24. The summed E-state index contributed by atoms with van der Waals surface area (Å²) in [6.45, 7) is 0. The zero-order chi connectivity index (χ0) is 15.7. The molecule has 3 rings (SSSR count). The molecule has 0 aliphatic carbocycles. The molecule has 0 spiro atoms. The van der Waals surface area contributed by atoms with Crippen LogP contribution >= 0.6 is 39.1 Å². The highest BCUT2D eigenvalue weighted by atomic mass is 79.9. The Hall–Kier alpha value is -1.62. The molecule has 6 heteroatoms. The molecule has 1 heterocycles. The van der Waals surface area contributed by atoms with Crippen LogP contribution in [0.5, 0.6) is 0 Å². The third-order valence-electron chi connectivity index (χ3n) is 3.06. The number of aromatic amines is 1. The van der Waals surface area contributed by atoms with Crippen LogP contribution in [-0.4, -0.2) is 9.97 Å². The molecule has 1 N–H and O–H groups in total. The third-order valence-corrected chi connectivity index (χ3v) is 4.11. The largest absolute Gasteiger partial charge is 0.305 e. The smallest absolute Gasteiger partial charge is 0.259 e. The lowest BCUT2D eigenvalue weighted by Gasteiger charge is -2.03. The van der Waals surface area contributed by atoms with Crippen LogP contribution in [0.25, 0.3) is 22.0 Å². The summed E-state index contributed by atoms with van der Waals surface area (Å²) in [4.78, 5) is 19.1. The van der Waals surface area contributed by atoms with E-state index in [1.165, 1.54) is 0 Å². The van der Waals surface area contributed by atoms with Gasteiger partial charge >= 0.3 is 0 Å². The van der Waals surface area contributed by atoms with E-state index in [0.29, 0.717) is 26.8 Å². The first kappa shape index (κ1) is 15.3. The van der Waals surface area contributed by atoms with Gasteiger partial charge in [-0.05, 0) is 42.0 Å². The molecule has 0 saturated carbocycles. The standard InChI is InChI=1S/C16H9BrCl2N2O/c17-10-3-1-9(2-4-10)7-13(19)15-20-14-6-5-11(18)8-12(14)16(22)21-15/h1-8H,(H,20,21,22). The maximum Gasteiger partial charge on any atom is 0.259 e. The maximum atomic E-state index is 12.1. The SMILES string of the molecule is O=c1[nH]c(C(Cl)=Cc2ccc(Br)cc2)nc2ccc(Cl)cc12. The second-order valence-electron chi connectivity index (χ2n) is 4.62. The zero-order valence-corrected chi connectivity index (χ0v) is 14.2. The predicted molar refractivity (Wildman–Crippen MR) is 95.2 cm³/mol. The number of fused-ring (bicyclic) bond motifs is 1. The van der Waals surface area contributed by atoms with Crippen LogP contribution in [0.3, 0.4) is 0 Å². The van der Waals surface area contributed by atoms with E-state index >= 15 is 0 Å². The monoisotopic (exact) mass is 394 g/mol. The Kier molecular flexibility index (Phi) is 4.34. The van der Waals surface area contributed by atoms with Crippen molar-refractivity contribution in [3.05, 3.63) is 73.7 Å². The molecular weight excluding hydrogens is 387 g/mol. The summed E-state index contributed by atoms with van der Waals surface area (Å²) in [5.74, 6) is 0.324. The van der Waals surface area contributed by atoms with Crippen LogP contribution in [0.1, 0.15) is 11.4 Å². The van der Waals surface area contributed by atoms with E-state index < -0.39 is 0 Å². The van der Waals surface area contributed by atoms with E-state index in [1.54, 1.807) is 24.3 Å². The fraction of sp³-hybridized carbons (Fsp3) is 0. The van der Waals surface area contributed by atoms with Gasteiger partial charge in [-0.15, -0.1) is 0 Å². The average molecular weight is 396 g/mol. The zero-order valence-electron chi connectivity index (χ0n) is 11.1. The van der Waals surface area contributed by atoms with Gasteiger partial charge in [-0.25, -0.2) is 4.98 Å². The predicted octanol–water partition coefficient (Wildman–Crippen LogP) is 5.08. The minimum absolute atomic E-state index is 0.273. The lowest BCUT2D eigenvalue weighted by Crippen LogP contribution is -2.10. The Morgan fingerprint density at radius 3 is 2.64 bits per heavy atom. The van der Waals surface area contributed by atoms with Crippen molar-refractivity contribution < 1.29 is 0 Å². The number of halogens is 3. The number of hydrogen-bond donors (Lipinski definition) is 1. The van der Waals surface area contributed by atoms with Gasteiger partial charge in [-0.2, -0.15) is 0 Å². The highest BCUT2D eigenvalue weighted by molar-refractivity contribution is 9.10. The molecule has 0 aliphatic heterocycles. The number of hydrogen-bond acceptors (Lipinski definition) is 2. The van der Waals surface area contributed by atoms with E-state index in [0.717, 1.165) is 10.0 Å². The fourth-order valence-corrected chi connectivity index (χ4v) is 2.65. The number of H-pyrrole nitrogens is 1. The van der Waals surface area contributed by atoms with E-state index in [4.69, 9.17) is 23.2 Å². The molecule has 0 saturated heterocycles. The van der Waals surface area contributed by atoms with Gasteiger partial charge in [0.15, 0.2) is 5.82 Å². The molecule has 1 aromatic heterocycles. The summed E-state index contributed by atoms with van der Waals surface area (Å²) in [6, 6.07) is 12.6. The van der Waals surface area contributed by atoms with E-state index in [1.807, 2.05) is 24.3 Å². The normalized spacial score (nSPS) is 11.9. The Labute approximate surface area is 144 Å². The first-order valence-corrected chi connectivity index (χ1v) is 7.90. The number of rotatable bonds is 2. The molecule has 0 bridgehead atoms. The molecule has 22 heavy (non-hydrogen) atoms. The minimum atomic E-state index is -0.273. The Bertz CT molecular complexity index is 933. The first-order chi connectivity index (χ1) is 10.5. The second-order valence-corrected chi connectivity index (χ2v) is 6.38. The van der Waals surface area contributed by atoms with Crippen molar-refractivity contribution in [2.24, 2.45) is 0 Å². The van der Waals surface area contributed by atoms with Crippen LogP contribution in [0.15, 0.2) is 51.7 Å². The van der Waals surface area contributed by atoms with Gasteiger partial charge in [0.1, 0.15) is 0 Å². The molecule has 3 aromatic rings. The van der Waals surface area contributed by atoms with E-state index in [9.17, 15) is 4.79 Å². The van der Waals surface area contributed by atoms with Gasteiger partial charge in [0.2, 0.25) is 0 Å². The fourth-order valence-electron chi connectivity index (χ4n) is 2.00. The molecule has 3 nitrogen and oxygen atoms in total. The lowest BCUT2D eigenvalue weighted by molar-refractivity contribution is 1.14. The molecule has 0 unspecified atom stereocenters. The lowest BCUT2D eigenvalue weighted by atomic mass is 10.2. The van der Waals surface area contributed by atoms with Crippen molar-refractivity contribution in [3.63, 3.8) is 0 Å². The van der Waals surface area contributed by atoms with Gasteiger partial charge < -0.3 is 4.98 Å². The quantitative estimate of drug-likeness (QED) is 0.657. The summed E-state index contributed by atoms with van der Waals surface area (Å²) < 4.78 is 0.981. The van der Waals surface area contributed by atoms with Gasteiger partial charge in [0.25, 0.3) is 5.56 Å². The molecule has 0 atom stereocenters. The molecule has 0 amide bonds. The topological polar surface area (TPSA) is 45.8 Å². The van der Waals surface area contributed by atoms with Crippen molar-refractivity contribution in [2.45, 2.75) is 0 Å². The summed E-state index contributed by atoms with van der Waals surface area (Å²) >= 11 is 15.5. The van der Waals surface area contributed by atoms with Crippen molar-refractivity contribution in [1.82, 2.24) is 9.97 Å². The van der Waals surface area contributed by atoms with Gasteiger partial charge in [-0.1, -0.05) is 51.3 Å². The van der Waals surface area contributed by atoms with Crippen LogP contribution in [0.4, 0.5) is 0 Å². The van der Waals surface area contributed by atoms with Crippen molar-refractivity contribution in [1.29, 1.82) is 0 Å². The van der Waals surface area contributed by atoms with Crippen LogP contribution in [0.2, 0.25) is 5.02 Å². The van der Waals surface area contributed by atoms with Gasteiger partial charge in [-0.3, -0.25) is 4.79 Å².